The van der Waals surface area contributed by atoms with Crippen LogP contribution in [-0.4, -0.2) is 37.5 Å². The number of nitrogens with one attached hydrogen (secondary N) is 1. The van der Waals surface area contributed by atoms with Crippen molar-refractivity contribution in [3.63, 3.8) is 0 Å². The smallest absolute Gasteiger partial charge is 0.0968 e. The zero-order valence-electron chi connectivity index (χ0n) is 10.1. The van der Waals surface area contributed by atoms with E-state index < -0.39 is 0 Å². The van der Waals surface area contributed by atoms with E-state index in [1.165, 1.54) is 6.42 Å². The van der Waals surface area contributed by atoms with Crippen LogP contribution in [0, 0.1) is 5.92 Å². The standard InChI is InChI=1S/C12H23NO2/c1-9(2)12(3)8-13-7-11(15-12)10-5-4-6-14-10/h9-11,13H,4-8H2,1-3H3. The van der Waals surface area contributed by atoms with Crippen LogP contribution >= 0.6 is 0 Å². The molecule has 2 aliphatic rings. The van der Waals surface area contributed by atoms with Gasteiger partial charge in [0.1, 0.15) is 0 Å². The molecule has 2 fully saturated rings. The van der Waals surface area contributed by atoms with Crippen LogP contribution in [0.4, 0.5) is 0 Å². The Morgan fingerprint density at radius 3 is 2.73 bits per heavy atom. The van der Waals surface area contributed by atoms with Crippen molar-refractivity contribution in [2.24, 2.45) is 5.92 Å². The van der Waals surface area contributed by atoms with E-state index >= 15 is 0 Å². The molecule has 3 nitrogen and oxygen atoms in total. The van der Waals surface area contributed by atoms with Crippen LogP contribution in [0.25, 0.3) is 0 Å². The highest BCUT2D eigenvalue weighted by molar-refractivity contribution is 4.91. The highest BCUT2D eigenvalue weighted by Crippen LogP contribution is 2.29. The van der Waals surface area contributed by atoms with Crippen molar-refractivity contribution < 1.29 is 9.47 Å². The fourth-order valence-electron chi connectivity index (χ4n) is 2.34. The van der Waals surface area contributed by atoms with E-state index in [1.54, 1.807) is 0 Å². The molecule has 2 heterocycles. The summed E-state index contributed by atoms with van der Waals surface area (Å²) in [4.78, 5) is 0. The van der Waals surface area contributed by atoms with Crippen LogP contribution < -0.4 is 5.32 Å². The average Bonchev–Trinajstić information content (AvgIpc) is 2.70. The second-order valence-electron chi connectivity index (χ2n) is 5.31. The summed E-state index contributed by atoms with van der Waals surface area (Å²) < 4.78 is 11.9. The molecule has 1 N–H and O–H groups in total. The molecule has 0 aromatic carbocycles. The van der Waals surface area contributed by atoms with Gasteiger partial charge in [-0.3, -0.25) is 0 Å². The molecule has 0 aromatic heterocycles. The van der Waals surface area contributed by atoms with Crippen molar-refractivity contribution >= 4 is 0 Å². The largest absolute Gasteiger partial charge is 0.375 e. The van der Waals surface area contributed by atoms with Crippen LogP contribution in [0.15, 0.2) is 0 Å². The summed E-state index contributed by atoms with van der Waals surface area (Å²) in [7, 11) is 0. The zero-order chi connectivity index (χ0) is 10.9. The quantitative estimate of drug-likeness (QED) is 0.755. The number of rotatable bonds is 2. The molecule has 0 saturated carbocycles. The minimum Gasteiger partial charge on any atom is -0.375 e. The molecule has 3 atom stereocenters. The second-order valence-corrected chi connectivity index (χ2v) is 5.31. The third-order valence-electron chi connectivity index (χ3n) is 3.84. The van der Waals surface area contributed by atoms with Crippen LogP contribution in [-0.2, 0) is 9.47 Å². The maximum absolute atomic E-state index is 6.23. The molecule has 3 heteroatoms. The Balaban J connectivity index is 1.97. The lowest BCUT2D eigenvalue weighted by Crippen LogP contribution is -2.57. The van der Waals surface area contributed by atoms with E-state index in [1.807, 2.05) is 0 Å². The predicted molar refractivity (Wildman–Crippen MR) is 60.0 cm³/mol. The SMILES string of the molecule is CC(C)C1(C)CNCC(C2CCCO2)O1. The van der Waals surface area contributed by atoms with Gasteiger partial charge in [0, 0.05) is 19.7 Å². The molecule has 15 heavy (non-hydrogen) atoms. The van der Waals surface area contributed by atoms with Gasteiger partial charge < -0.3 is 14.8 Å². The Kier molecular flexibility index (Phi) is 3.33. The summed E-state index contributed by atoms with van der Waals surface area (Å²) >= 11 is 0. The Hall–Kier alpha value is -0.120. The lowest BCUT2D eigenvalue weighted by molar-refractivity contribution is -0.165. The van der Waals surface area contributed by atoms with Gasteiger partial charge >= 0.3 is 0 Å². The lowest BCUT2D eigenvalue weighted by Gasteiger charge is -2.43. The first kappa shape index (κ1) is 11.4. The fourth-order valence-corrected chi connectivity index (χ4v) is 2.34. The van der Waals surface area contributed by atoms with E-state index in [4.69, 9.17) is 9.47 Å². The number of hydrogen-bond donors (Lipinski definition) is 1. The fraction of sp³-hybridized carbons (Fsp3) is 1.00. The van der Waals surface area contributed by atoms with Gasteiger partial charge in [-0.2, -0.15) is 0 Å². The summed E-state index contributed by atoms with van der Waals surface area (Å²) in [6.45, 7) is 9.44. The van der Waals surface area contributed by atoms with Gasteiger partial charge in [0.25, 0.3) is 0 Å². The molecular formula is C12H23NO2. The number of morpholine rings is 1. The Labute approximate surface area is 92.5 Å². The normalized spacial score (nSPS) is 42.4. The maximum atomic E-state index is 6.23. The van der Waals surface area contributed by atoms with Crippen LogP contribution in [0.2, 0.25) is 0 Å². The molecule has 0 aliphatic carbocycles. The molecule has 3 unspecified atom stereocenters. The highest BCUT2D eigenvalue weighted by atomic mass is 16.6. The van der Waals surface area contributed by atoms with Crippen LogP contribution in [0.3, 0.4) is 0 Å². The summed E-state index contributed by atoms with van der Waals surface area (Å²) in [6, 6.07) is 0. The van der Waals surface area contributed by atoms with Crippen molar-refractivity contribution in [2.45, 2.75) is 51.4 Å². The first-order valence-electron chi connectivity index (χ1n) is 6.12. The van der Waals surface area contributed by atoms with Gasteiger partial charge in [-0.25, -0.2) is 0 Å². The molecule has 0 radical (unpaired) electrons. The van der Waals surface area contributed by atoms with Crippen molar-refractivity contribution in [3.8, 4) is 0 Å². The monoisotopic (exact) mass is 213 g/mol. The second kappa shape index (κ2) is 4.40. The molecule has 2 saturated heterocycles. The van der Waals surface area contributed by atoms with Gasteiger partial charge in [-0.15, -0.1) is 0 Å². The molecule has 0 spiro atoms. The average molecular weight is 213 g/mol. The van der Waals surface area contributed by atoms with E-state index in [0.717, 1.165) is 26.1 Å². The number of ether oxygens (including phenoxy) is 2. The molecule has 88 valence electrons. The van der Waals surface area contributed by atoms with E-state index in [-0.39, 0.29) is 11.7 Å². The Bertz CT molecular complexity index is 214. The van der Waals surface area contributed by atoms with Gasteiger partial charge in [0.15, 0.2) is 0 Å². The van der Waals surface area contributed by atoms with Crippen molar-refractivity contribution in [2.75, 3.05) is 19.7 Å². The predicted octanol–water partition coefficient (Wildman–Crippen LogP) is 1.57. The minimum atomic E-state index is -0.0329. The van der Waals surface area contributed by atoms with Crippen LogP contribution in [0.1, 0.15) is 33.6 Å². The first-order chi connectivity index (χ1) is 7.12. The van der Waals surface area contributed by atoms with E-state index in [9.17, 15) is 0 Å². The Morgan fingerprint density at radius 1 is 1.33 bits per heavy atom. The van der Waals surface area contributed by atoms with Crippen molar-refractivity contribution in [3.05, 3.63) is 0 Å². The summed E-state index contributed by atoms with van der Waals surface area (Å²) in [5, 5.41) is 3.48. The molecular weight excluding hydrogens is 190 g/mol. The molecule has 0 amide bonds. The minimum absolute atomic E-state index is 0.0329. The van der Waals surface area contributed by atoms with Crippen LogP contribution in [0.5, 0.6) is 0 Å². The first-order valence-corrected chi connectivity index (χ1v) is 6.12. The Morgan fingerprint density at radius 2 is 2.13 bits per heavy atom. The maximum Gasteiger partial charge on any atom is 0.0968 e. The summed E-state index contributed by atoms with van der Waals surface area (Å²) in [5.41, 5.74) is -0.0329. The number of hydrogen-bond acceptors (Lipinski definition) is 3. The van der Waals surface area contributed by atoms with Crippen molar-refractivity contribution in [1.82, 2.24) is 5.32 Å². The lowest BCUT2D eigenvalue weighted by atomic mass is 9.90. The molecule has 2 rings (SSSR count). The van der Waals surface area contributed by atoms with Gasteiger partial charge in [-0.05, 0) is 25.7 Å². The van der Waals surface area contributed by atoms with E-state index in [2.05, 4.69) is 26.1 Å². The third kappa shape index (κ3) is 2.35. The molecule has 0 bridgehead atoms. The summed E-state index contributed by atoms with van der Waals surface area (Å²) in [5.74, 6) is 0.536. The van der Waals surface area contributed by atoms with Crippen molar-refractivity contribution in [1.29, 1.82) is 0 Å². The topological polar surface area (TPSA) is 30.5 Å². The van der Waals surface area contributed by atoms with E-state index in [0.29, 0.717) is 12.0 Å². The van der Waals surface area contributed by atoms with Gasteiger partial charge in [0.05, 0.1) is 17.8 Å². The van der Waals surface area contributed by atoms with Gasteiger partial charge in [-0.1, -0.05) is 13.8 Å². The third-order valence-corrected chi connectivity index (χ3v) is 3.84. The summed E-state index contributed by atoms with van der Waals surface area (Å²) in [6.07, 6.45) is 2.90. The zero-order valence-corrected chi connectivity index (χ0v) is 10.1. The molecule has 0 aromatic rings. The van der Waals surface area contributed by atoms with Gasteiger partial charge in [0.2, 0.25) is 0 Å². The highest BCUT2D eigenvalue weighted by Gasteiger charge is 2.39. The molecule has 2 aliphatic heterocycles.